The smallest absolute Gasteiger partial charge is 0.229 e. The van der Waals surface area contributed by atoms with Gasteiger partial charge in [0.05, 0.1) is 5.41 Å². The lowest BCUT2D eigenvalue weighted by Crippen LogP contribution is -2.49. The van der Waals surface area contributed by atoms with Crippen molar-refractivity contribution in [1.82, 2.24) is 15.2 Å². The molecule has 0 bridgehead atoms. The van der Waals surface area contributed by atoms with Crippen LogP contribution in [0.5, 0.6) is 0 Å². The Labute approximate surface area is 120 Å². The van der Waals surface area contributed by atoms with Gasteiger partial charge < -0.3 is 10.2 Å². The Kier molecular flexibility index (Phi) is 4.01. The van der Waals surface area contributed by atoms with Gasteiger partial charge in [0.15, 0.2) is 0 Å². The van der Waals surface area contributed by atoms with Crippen molar-refractivity contribution in [1.29, 1.82) is 0 Å². The van der Waals surface area contributed by atoms with E-state index < -0.39 is 0 Å². The molecule has 0 atom stereocenters. The van der Waals surface area contributed by atoms with E-state index in [1.165, 1.54) is 5.56 Å². The van der Waals surface area contributed by atoms with E-state index in [0.717, 1.165) is 58.3 Å². The number of carbonyl (C=O) groups excluding carboxylic acids is 1. The molecule has 0 radical (unpaired) electrons. The molecule has 0 saturated carbocycles. The van der Waals surface area contributed by atoms with Gasteiger partial charge in [-0.25, -0.2) is 0 Å². The molecular weight excluding hydrogens is 250 g/mol. The molecule has 1 amide bonds. The Balaban J connectivity index is 1.82. The zero-order valence-corrected chi connectivity index (χ0v) is 12.0. The number of piperidine rings is 1. The number of hydrogen-bond acceptors (Lipinski definition) is 3. The number of rotatable bonds is 3. The Hall–Kier alpha value is -1.42. The molecule has 0 aromatic carbocycles. The van der Waals surface area contributed by atoms with Gasteiger partial charge in [0.2, 0.25) is 5.91 Å². The zero-order valence-electron chi connectivity index (χ0n) is 12.0. The van der Waals surface area contributed by atoms with E-state index in [2.05, 4.69) is 21.3 Å². The van der Waals surface area contributed by atoms with Gasteiger partial charge in [-0.05, 0) is 56.8 Å². The van der Waals surface area contributed by atoms with Crippen LogP contribution in [0.3, 0.4) is 0 Å². The third-order valence-corrected chi connectivity index (χ3v) is 4.67. The molecule has 3 heterocycles. The molecule has 3 rings (SSSR count). The molecule has 108 valence electrons. The molecule has 1 N–H and O–H groups in total. The van der Waals surface area contributed by atoms with E-state index >= 15 is 0 Å². The number of amides is 1. The van der Waals surface area contributed by atoms with Gasteiger partial charge in [-0.15, -0.1) is 0 Å². The number of likely N-dealkylation sites (tertiary alicyclic amines) is 1. The maximum Gasteiger partial charge on any atom is 0.229 e. The second-order valence-corrected chi connectivity index (χ2v) is 6.07. The molecule has 4 heteroatoms. The predicted octanol–water partition coefficient (Wildman–Crippen LogP) is 1.62. The molecule has 2 aliphatic heterocycles. The summed E-state index contributed by atoms with van der Waals surface area (Å²) < 4.78 is 0. The van der Waals surface area contributed by atoms with Gasteiger partial charge in [0.25, 0.3) is 0 Å². The molecule has 0 unspecified atom stereocenters. The topological polar surface area (TPSA) is 45.2 Å². The van der Waals surface area contributed by atoms with Gasteiger partial charge in [-0.3, -0.25) is 9.78 Å². The minimum Gasteiger partial charge on any atom is -0.342 e. The second-order valence-electron chi connectivity index (χ2n) is 6.07. The van der Waals surface area contributed by atoms with E-state index in [9.17, 15) is 4.79 Å². The molecular formula is C16H23N3O. The quantitative estimate of drug-likeness (QED) is 0.910. The summed E-state index contributed by atoms with van der Waals surface area (Å²) in [6.45, 7) is 3.78. The third kappa shape index (κ3) is 2.70. The lowest BCUT2D eigenvalue weighted by atomic mass is 9.73. The van der Waals surface area contributed by atoms with Crippen molar-refractivity contribution in [3.8, 4) is 0 Å². The van der Waals surface area contributed by atoms with Crippen LogP contribution in [0.25, 0.3) is 0 Å². The van der Waals surface area contributed by atoms with Crippen LogP contribution < -0.4 is 5.32 Å². The minimum absolute atomic E-state index is 0.210. The summed E-state index contributed by atoms with van der Waals surface area (Å²) in [7, 11) is 0. The monoisotopic (exact) mass is 273 g/mol. The fourth-order valence-corrected chi connectivity index (χ4v) is 3.52. The lowest BCUT2D eigenvalue weighted by Gasteiger charge is -2.39. The van der Waals surface area contributed by atoms with Crippen LogP contribution in [-0.4, -0.2) is 42.0 Å². The Bertz CT molecular complexity index is 448. The average molecular weight is 273 g/mol. The molecule has 1 aromatic heterocycles. The summed E-state index contributed by atoms with van der Waals surface area (Å²) in [5, 5.41) is 3.38. The molecule has 0 spiro atoms. The average Bonchev–Trinajstić information content (AvgIpc) is 3.02. The number of hydrogen-bond donors (Lipinski definition) is 1. The van der Waals surface area contributed by atoms with Crippen LogP contribution in [0, 0.1) is 5.41 Å². The SMILES string of the molecule is O=C(N1CCCC1)C1(Cc2cccnc2)CCNCC1. The van der Waals surface area contributed by atoms with Crippen molar-refractivity contribution >= 4 is 5.91 Å². The second kappa shape index (κ2) is 5.92. The highest BCUT2D eigenvalue weighted by atomic mass is 16.2. The number of carbonyl (C=O) groups is 1. The van der Waals surface area contributed by atoms with E-state index in [4.69, 9.17) is 0 Å². The summed E-state index contributed by atoms with van der Waals surface area (Å²) in [6.07, 6.45) is 8.73. The first-order valence-electron chi connectivity index (χ1n) is 7.69. The zero-order chi connectivity index (χ0) is 13.8. The highest BCUT2D eigenvalue weighted by molar-refractivity contribution is 5.83. The van der Waals surface area contributed by atoms with Gasteiger partial charge in [-0.1, -0.05) is 6.07 Å². The Morgan fingerprint density at radius 3 is 2.70 bits per heavy atom. The van der Waals surface area contributed by atoms with Crippen LogP contribution in [0.4, 0.5) is 0 Å². The van der Waals surface area contributed by atoms with Crippen molar-refractivity contribution < 1.29 is 4.79 Å². The van der Waals surface area contributed by atoms with Crippen molar-refractivity contribution in [2.75, 3.05) is 26.2 Å². The maximum absolute atomic E-state index is 13.0. The summed E-state index contributed by atoms with van der Waals surface area (Å²) in [4.78, 5) is 19.3. The van der Waals surface area contributed by atoms with E-state index in [1.54, 1.807) is 6.20 Å². The lowest BCUT2D eigenvalue weighted by molar-refractivity contribution is -0.142. The van der Waals surface area contributed by atoms with Crippen LogP contribution in [0.15, 0.2) is 24.5 Å². The van der Waals surface area contributed by atoms with Crippen LogP contribution in [0.1, 0.15) is 31.2 Å². The molecule has 2 saturated heterocycles. The van der Waals surface area contributed by atoms with Gasteiger partial charge in [0.1, 0.15) is 0 Å². The first-order valence-corrected chi connectivity index (χ1v) is 7.69. The molecule has 2 aliphatic rings. The summed E-state index contributed by atoms with van der Waals surface area (Å²) >= 11 is 0. The molecule has 1 aromatic rings. The largest absolute Gasteiger partial charge is 0.342 e. The van der Waals surface area contributed by atoms with Gasteiger partial charge in [-0.2, -0.15) is 0 Å². The predicted molar refractivity (Wildman–Crippen MR) is 78.3 cm³/mol. The first kappa shape index (κ1) is 13.6. The van der Waals surface area contributed by atoms with E-state index in [0.29, 0.717) is 5.91 Å². The number of aromatic nitrogens is 1. The van der Waals surface area contributed by atoms with E-state index in [1.807, 2.05) is 12.3 Å². The summed E-state index contributed by atoms with van der Waals surface area (Å²) in [5.74, 6) is 0.375. The fraction of sp³-hybridized carbons (Fsp3) is 0.625. The third-order valence-electron chi connectivity index (χ3n) is 4.67. The number of nitrogens with zero attached hydrogens (tertiary/aromatic N) is 2. The molecule has 0 aliphatic carbocycles. The first-order chi connectivity index (χ1) is 9.80. The number of nitrogens with one attached hydrogen (secondary N) is 1. The maximum atomic E-state index is 13.0. The normalized spacial score (nSPS) is 21.9. The van der Waals surface area contributed by atoms with Crippen LogP contribution in [-0.2, 0) is 11.2 Å². The highest BCUT2D eigenvalue weighted by Crippen LogP contribution is 2.36. The van der Waals surface area contributed by atoms with Crippen molar-refractivity contribution in [3.63, 3.8) is 0 Å². The summed E-state index contributed by atoms with van der Waals surface area (Å²) in [5.41, 5.74) is 0.973. The van der Waals surface area contributed by atoms with E-state index in [-0.39, 0.29) is 5.41 Å². The number of pyridine rings is 1. The molecule has 20 heavy (non-hydrogen) atoms. The minimum atomic E-state index is -0.210. The van der Waals surface area contributed by atoms with Crippen molar-refractivity contribution in [2.45, 2.75) is 32.1 Å². The fourth-order valence-electron chi connectivity index (χ4n) is 3.52. The molecule has 2 fully saturated rings. The van der Waals surface area contributed by atoms with Gasteiger partial charge in [0, 0.05) is 25.5 Å². The standard InChI is InChI=1S/C16H23N3O/c20-15(19-10-1-2-11-19)16(5-8-17-9-6-16)12-14-4-3-7-18-13-14/h3-4,7,13,17H,1-2,5-6,8-12H2. The molecule has 4 nitrogen and oxygen atoms in total. The van der Waals surface area contributed by atoms with Crippen LogP contribution in [0.2, 0.25) is 0 Å². The highest BCUT2D eigenvalue weighted by Gasteiger charge is 2.42. The van der Waals surface area contributed by atoms with Gasteiger partial charge >= 0.3 is 0 Å². The van der Waals surface area contributed by atoms with Crippen molar-refractivity contribution in [2.24, 2.45) is 5.41 Å². The van der Waals surface area contributed by atoms with Crippen LogP contribution >= 0.6 is 0 Å². The summed E-state index contributed by atoms with van der Waals surface area (Å²) in [6, 6.07) is 4.05. The Morgan fingerprint density at radius 2 is 2.05 bits per heavy atom. The van der Waals surface area contributed by atoms with Crippen molar-refractivity contribution in [3.05, 3.63) is 30.1 Å². The Morgan fingerprint density at radius 1 is 1.30 bits per heavy atom.